The number of hydrogen-bond acceptors (Lipinski definition) is 4. The Morgan fingerprint density at radius 1 is 1.19 bits per heavy atom. The molecule has 0 spiro atoms. The fourth-order valence-corrected chi connectivity index (χ4v) is 4.19. The molecule has 1 fully saturated rings. The van der Waals surface area contributed by atoms with Crippen LogP contribution in [0.3, 0.4) is 0 Å². The Hall–Kier alpha value is -3.09. The van der Waals surface area contributed by atoms with Crippen LogP contribution in [-0.4, -0.2) is 52.3 Å². The average Bonchev–Trinajstić information content (AvgIpc) is 3.12. The molecule has 3 aromatic rings. The number of fused-ring (bicyclic) bond motifs is 1. The Balaban J connectivity index is 1.61. The Morgan fingerprint density at radius 2 is 1.91 bits per heavy atom. The molecule has 4 rings (SSSR count). The lowest BCUT2D eigenvalue weighted by Gasteiger charge is -2.38. The van der Waals surface area contributed by atoms with Gasteiger partial charge in [0.15, 0.2) is 0 Å². The van der Waals surface area contributed by atoms with Gasteiger partial charge in [-0.3, -0.25) is 0 Å². The summed E-state index contributed by atoms with van der Waals surface area (Å²) in [5.41, 5.74) is 2.43. The normalized spacial score (nSPS) is 16.9. The third kappa shape index (κ3) is 4.87. The lowest BCUT2D eigenvalue weighted by molar-refractivity contribution is 0.0199. The van der Waals surface area contributed by atoms with E-state index >= 15 is 0 Å². The predicted molar refractivity (Wildman–Crippen MR) is 124 cm³/mol. The maximum atomic E-state index is 13.4. The van der Waals surface area contributed by atoms with Crippen LogP contribution in [-0.2, 0) is 11.3 Å². The minimum atomic E-state index is -0.515. The zero-order valence-electron chi connectivity index (χ0n) is 19.2. The van der Waals surface area contributed by atoms with Gasteiger partial charge >= 0.3 is 6.09 Å². The second-order valence-electron chi connectivity index (χ2n) is 9.45. The Bertz CT molecular complexity index is 1090. The second kappa shape index (κ2) is 8.81. The van der Waals surface area contributed by atoms with Crippen LogP contribution in [0.1, 0.15) is 39.2 Å². The summed E-state index contributed by atoms with van der Waals surface area (Å²) in [5, 5.41) is 0. The number of carbonyl (C=O) groups is 1. The van der Waals surface area contributed by atoms with Gasteiger partial charge in [0.25, 0.3) is 0 Å². The van der Waals surface area contributed by atoms with Gasteiger partial charge in [-0.25, -0.2) is 14.2 Å². The van der Waals surface area contributed by atoms with Gasteiger partial charge in [-0.05, 0) is 63.4 Å². The molecule has 2 heterocycles. The Morgan fingerprint density at radius 3 is 2.62 bits per heavy atom. The molecule has 7 heteroatoms. The molecule has 0 saturated carbocycles. The summed E-state index contributed by atoms with van der Waals surface area (Å²) >= 11 is 0. The van der Waals surface area contributed by atoms with E-state index in [4.69, 9.17) is 9.72 Å². The molecule has 1 aromatic heterocycles. The number of rotatable bonds is 4. The van der Waals surface area contributed by atoms with E-state index in [1.807, 2.05) is 46.0 Å². The molecule has 1 unspecified atom stereocenters. The first-order chi connectivity index (χ1) is 15.2. The number of halogens is 1. The number of para-hydroxylation sites is 2. The zero-order valence-corrected chi connectivity index (χ0v) is 19.2. The monoisotopic (exact) mass is 438 g/mol. The standard InChI is InChI=1S/C25H31FN4O2/c1-25(2,3)32-24(31)29-15-7-8-20(17-29)28(4)23-27-21-9-5-6-10-22(21)30(23)16-18-11-13-19(26)14-12-18/h5-6,9-14,20H,7-8,15-17H2,1-4H3. The summed E-state index contributed by atoms with van der Waals surface area (Å²) in [4.78, 5) is 21.5. The maximum absolute atomic E-state index is 13.4. The van der Waals surface area contributed by atoms with Gasteiger partial charge in [0.05, 0.1) is 17.6 Å². The van der Waals surface area contributed by atoms with E-state index in [9.17, 15) is 9.18 Å². The number of amides is 1. The summed E-state index contributed by atoms with van der Waals surface area (Å²) in [6, 6.07) is 14.7. The first kappa shape index (κ1) is 22.1. The summed E-state index contributed by atoms with van der Waals surface area (Å²) in [7, 11) is 2.03. The van der Waals surface area contributed by atoms with Crippen LogP contribution in [0.25, 0.3) is 11.0 Å². The zero-order chi connectivity index (χ0) is 22.9. The highest BCUT2D eigenvalue weighted by atomic mass is 19.1. The van der Waals surface area contributed by atoms with E-state index in [2.05, 4.69) is 15.5 Å². The van der Waals surface area contributed by atoms with Crippen molar-refractivity contribution in [2.75, 3.05) is 25.0 Å². The molecule has 1 amide bonds. The van der Waals surface area contributed by atoms with Crippen LogP contribution >= 0.6 is 0 Å². The smallest absolute Gasteiger partial charge is 0.410 e. The van der Waals surface area contributed by atoms with Gasteiger partial charge in [0.2, 0.25) is 5.95 Å². The Labute approximate surface area is 188 Å². The highest BCUT2D eigenvalue weighted by Gasteiger charge is 2.31. The third-order valence-corrected chi connectivity index (χ3v) is 5.80. The molecule has 1 saturated heterocycles. The first-order valence-electron chi connectivity index (χ1n) is 11.1. The molecule has 0 bridgehead atoms. The highest BCUT2D eigenvalue weighted by molar-refractivity contribution is 5.79. The van der Waals surface area contributed by atoms with Crippen molar-refractivity contribution in [3.8, 4) is 0 Å². The molecule has 32 heavy (non-hydrogen) atoms. The van der Waals surface area contributed by atoms with Crippen molar-refractivity contribution in [1.82, 2.24) is 14.5 Å². The molecule has 1 aliphatic heterocycles. The number of likely N-dealkylation sites (N-methyl/N-ethyl adjacent to an activating group) is 1. The van der Waals surface area contributed by atoms with Crippen LogP contribution in [0.15, 0.2) is 48.5 Å². The largest absolute Gasteiger partial charge is 0.444 e. The number of aromatic nitrogens is 2. The number of carbonyl (C=O) groups excluding carboxylic acids is 1. The molecular formula is C25H31FN4O2. The number of likely N-dealkylation sites (tertiary alicyclic amines) is 1. The molecular weight excluding hydrogens is 407 g/mol. The topological polar surface area (TPSA) is 50.6 Å². The maximum Gasteiger partial charge on any atom is 0.410 e. The molecule has 1 aliphatic rings. The van der Waals surface area contributed by atoms with Crippen molar-refractivity contribution in [2.45, 2.75) is 51.8 Å². The van der Waals surface area contributed by atoms with Crippen molar-refractivity contribution in [3.63, 3.8) is 0 Å². The number of anilines is 1. The summed E-state index contributed by atoms with van der Waals surface area (Å²) in [6.45, 7) is 7.53. The van der Waals surface area contributed by atoms with Gasteiger partial charge in [-0.2, -0.15) is 0 Å². The minimum Gasteiger partial charge on any atom is -0.444 e. The van der Waals surface area contributed by atoms with Gasteiger partial charge in [0.1, 0.15) is 11.4 Å². The van der Waals surface area contributed by atoms with Crippen molar-refractivity contribution in [2.24, 2.45) is 0 Å². The van der Waals surface area contributed by atoms with E-state index in [1.165, 1.54) is 12.1 Å². The lowest BCUT2D eigenvalue weighted by Crippen LogP contribution is -2.50. The fourth-order valence-electron chi connectivity index (χ4n) is 4.19. The van der Waals surface area contributed by atoms with Crippen molar-refractivity contribution in [1.29, 1.82) is 0 Å². The SMILES string of the molecule is CN(c1nc2ccccc2n1Cc1ccc(F)cc1)C1CCCN(C(=O)OC(C)(C)C)C1. The molecule has 0 radical (unpaired) electrons. The Kier molecular flexibility index (Phi) is 6.09. The van der Waals surface area contributed by atoms with Gasteiger partial charge < -0.3 is 19.1 Å². The second-order valence-corrected chi connectivity index (χ2v) is 9.45. The van der Waals surface area contributed by atoms with E-state index in [0.717, 1.165) is 35.4 Å². The molecule has 2 aromatic carbocycles. The van der Waals surface area contributed by atoms with Crippen LogP contribution < -0.4 is 4.90 Å². The van der Waals surface area contributed by atoms with Gasteiger partial charge in [0, 0.05) is 26.2 Å². The summed E-state index contributed by atoms with van der Waals surface area (Å²) in [6.07, 6.45) is 1.61. The van der Waals surface area contributed by atoms with E-state index in [1.54, 1.807) is 17.0 Å². The number of piperidine rings is 1. The minimum absolute atomic E-state index is 0.125. The molecule has 1 atom stereocenters. The van der Waals surface area contributed by atoms with Crippen molar-refractivity contribution >= 4 is 23.1 Å². The van der Waals surface area contributed by atoms with E-state index in [-0.39, 0.29) is 18.0 Å². The van der Waals surface area contributed by atoms with E-state index < -0.39 is 5.60 Å². The predicted octanol–water partition coefficient (Wildman–Crippen LogP) is 5.06. The van der Waals surface area contributed by atoms with Crippen LogP contribution in [0, 0.1) is 5.82 Å². The van der Waals surface area contributed by atoms with Crippen molar-refractivity contribution < 1.29 is 13.9 Å². The number of ether oxygens (including phenoxy) is 1. The first-order valence-corrected chi connectivity index (χ1v) is 11.1. The lowest BCUT2D eigenvalue weighted by atomic mass is 10.1. The molecule has 170 valence electrons. The number of benzene rings is 2. The van der Waals surface area contributed by atoms with Crippen LogP contribution in [0.5, 0.6) is 0 Å². The summed E-state index contributed by atoms with van der Waals surface area (Å²) < 4.78 is 21.2. The third-order valence-electron chi connectivity index (χ3n) is 5.80. The molecule has 0 N–H and O–H groups in total. The van der Waals surface area contributed by atoms with Gasteiger partial charge in [-0.1, -0.05) is 24.3 Å². The average molecular weight is 439 g/mol. The fraction of sp³-hybridized carbons (Fsp3) is 0.440. The van der Waals surface area contributed by atoms with Gasteiger partial charge in [-0.15, -0.1) is 0 Å². The summed E-state index contributed by atoms with van der Waals surface area (Å²) in [5.74, 6) is 0.595. The van der Waals surface area contributed by atoms with Crippen LogP contribution in [0.2, 0.25) is 0 Å². The highest BCUT2D eigenvalue weighted by Crippen LogP contribution is 2.27. The number of nitrogens with zero attached hydrogens (tertiary/aromatic N) is 4. The van der Waals surface area contributed by atoms with Crippen molar-refractivity contribution in [3.05, 3.63) is 59.9 Å². The number of imidazole rings is 1. The molecule has 0 aliphatic carbocycles. The number of hydrogen-bond donors (Lipinski definition) is 0. The van der Waals surface area contributed by atoms with E-state index in [0.29, 0.717) is 19.6 Å². The van der Waals surface area contributed by atoms with Crippen LogP contribution in [0.4, 0.5) is 15.1 Å². The molecule has 6 nitrogen and oxygen atoms in total. The quantitative estimate of drug-likeness (QED) is 0.571.